The van der Waals surface area contributed by atoms with Crippen molar-refractivity contribution in [2.45, 2.75) is 26.7 Å². The summed E-state index contributed by atoms with van der Waals surface area (Å²) < 4.78 is 13.8. The van der Waals surface area contributed by atoms with E-state index in [2.05, 4.69) is 20.7 Å². The molecular formula is C14H18FN5. The number of anilines is 3. The van der Waals surface area contributed by atoms with Crippen LogP contribution in [0.4, 0.5) is 21.7 Å². The van der Waals surface area contributed by atoms with Crippen LogP contribution in [0.1, 0.15) is 31.2 Å². The Balaban J connectivity index is 2.34. The van der Waals surface area contributed by atoms with Gasteiger partial charge < -0.3 is 10.7 Å². The maximum absolute atomic E-state index is 13.8. The zero-order valence-corrected chi connectivity index (χ0v) is 11.7. The molecule has 0 aliphatic rings. The number of nitrogens with zero attached hydrogens (tertiary/aromatic N) is 2. The SMILES string of the molecule is Cc1ccc(Nc2cc(NN)nc(C(C)C)n2)c(F)c1. The summed E-state index contributed by atoms with van der Waals surface area (Å²) in [5, 5.41) is 2.95. The number of aryl methyl sites for hydroxylation is 1. The summed E-state index contributed by atoms with van der Waals surface area (Å²) in [5.41, 5.74) is 3.72. The average molecular weight is 275 g/mol. The second-order valence-corrected chi connectivity index (χ2v) is 4.90. The van der Waals surface area contributed by atoms with E-state index in [1.54, 1.807) is 12.1 Å². The van der Waals surface area contributed by atoms with Gasteiger partial charge in [0.1, 0.15) is 23.3 Å². The lowest BCUT2D eigenvalue weighted by Crippen LogP contribution is -2.12. The first kappa shape index (κ1) is 14.2. The maximum atomic E-state index is 13.8. The minimum absolute atomic E-state index is 0.145. The van der Waals surface area contributed by atoms with Crippen LogP contribution >= 0.6 is 0 Å². The highest BCUT2D eigenvalue weighted by Crippen LogP contribution is 2.22. The van der Waals surface area contributed by atoms with Gasteiger partial charge in [0, 0.05) is 12.0 Å². The number of nitrogens with two attached hydrogens (primary N) is 1. The van der Waals surface area contributed by atoms with Crippen molar-refractivity contribution in [1.82, 2.24) is 9.97 Å². The van der Waals surface area contributed by atoms with E-state index < -0.39 is 0 Å². The van der Waals surface area contributed by atoms with Gasteiger partial charge in [-0.3, -0.25) is 0 Å². The molecule has 0 bridgehead atoms. The highest BCUT2D eigenvalue weighted by atomic mass is 19.1. The van der Waals surface area contributed by atoms with Crippen molar-refractivity contribution in [3.8, 4) is 0 Å². The van der Waals surface area contributed by atoms with E-state index in [9.17, 15) is 4.39 Å². The third kappa shape index (κ3) is 3.21. The Hall–Kier alpha value is -2.21. The summed E-state index contributed by atoms with van der Waals surface area (Å²) in [6, 6.07) is 6.61. The molecule has 0 amide bonds. The normalized spacial score (nSPS) is 10.7. The van der Waals surface area contributed by atoms with Gasteiger partial charge in [-0.1, -0.05) is 19.9 Å². The van der Waals surface area contributed by atoms with E-state index in [1.165, 1.54) is 6.07 Å². The van der Waals surface area contributed by atoms with E-state index in [-0.39, 0.29) is 11.7 Å². The number of hydrazine groups is 1. The second kappa shape index (κ2) is 5.83. The van der Waals surface area contributed by atoms with Crippen LogP contribution in [-0.2, 0) is 0 Å². The molecule has 106 valence electrons. The summed E-state index contributed by atoms with van der Waals surface area (Å²) in [7, 11) is 0. The number of nitrogens with one attached hydrogen (secondary N) is 2. The molecule has 2 rings (SSSR count). The largest absolute Gasteiger partial charge is 0.338 e. The van der Waals surface area contributed by atoms with Gasteiger partial charge in [-0.25, -0.2) is 20.2 Å². The van der Waals surface area contributed by atoms with Crippen molar-refractivity contribution in [2.24, 2.45) is 5.84 Å². The van der Waals surface area contributed by atoms with Crippen molar-refractivity contribution in [3.63, 3.8) is 0 Å². The molecule has 0 spiro atoms. The molecule has 0 saturated heterocycles. The monoisotopic (exact) mass is 275 g/mol. The Labute approximate surface area is 117 Å². The number of nitrogen functional groups attached to an aromatic ring is 1. The number of halogens is 1. The van der Waals surface area contributed by atoms with Gasteiger partial charge in [0.2, 0.25) is 0 Å². The molecule has 0 atom stereocenters. The topological polar surface area (TPSA) is 75.9 Å². The minimum atomic E-state index is -0.322. The molecule has 0 aliphatic heterocycles. The molecule has 0 fully saturated rings. The highest BCUT2D eigenvalue weighted by molar-refractivity contribution is 5.60. The molecule has 4 N–H and O–H groups in total. The molecule has 6 heteroatoms. The zero-order chi connectivity index (χ0) is 14.7. The molecule has 2 aromatic rings. The number of hydrogen-bond donors (Lipinski definition) is 3. The van der Waals surface area contributed by atoms with Crippen molar-refractivity contribution >= 4 is 17.3 Å². The summed E-state index contributed by atoms with van der Waals surface area (Å²) in [5.74, 6) is 6.83. The number of benzene rings is 1. The number of rotatable bonds is 4. The molecule has 1 aromatic heterocycles. The summed E-state index contributed by atoms with van der Waals surface area (Å²) in [6.07, 6.45) is 0. The van der Waals surface area contributed by atoms with Crippen LogP contribution in [0.15, 0.2) is 24.3 Å². The van der Waals surface area contributed by atoms with Gasteiger partial charge in [0.15, 0.2) is 0 Å². The van der Waals surface area contributed by atoms with Crippen molar-refractivity contribution < 1.29 is 4.39 Å². The molecule has 0 radical (unpaired) electrons. The van der Waals surface area contributed by atoms with E-state index >= 15 is 0 Å². The van der Waals surface area contributed by atoms with Crippen LogP contribution in [0.5, 0.6) is 0 Å². The third-order valence-corrected chi connectivity index (χ3v) is 2.80. The van der Waals surface area contributed by atoms with E-state index in [4.69, 9.17) is 5.84 Å². The lowest BCUT2D eigenvalue weighted by molar-refractivity contribution is 0.630. The second-order valence-electron chi connectivity index (χ2n) is 4.90. The van der Waals surface area contributed by atoms with E-state index in [0.29, 0.717) is 23.1 Å². The zero-order valence-electron chi connectivity index (χ0n) is 11.7. The predicted octanol–water partition coefficient (Wildman–Crippen LogP) is 3.08. The number of aromatic nitrogens is 2. The van der Waals surface area contributed by atoms with Crippen LogP contribution in [0.25, 0.3) is 0 Å². The van der Waals surface area contributed by atoms with Gasteiger partial charge in [-0.05, 0) is 24.6 Å². The summed E-state index contributed by atoms with van der Waals surface area (Å²) >= 11 is 0. The maximum Gasteiger partial charge on any atom is 0.146 e. The predicted molar refractivity (Wildman–Crippen MR) is 78.4 cm³/mol. The average Bonchev–Trinajstić information content (AvgIpc) is 2.41. The van der Waals surface area contributed by atoms with Crippen LogP contribution in [0.2, 0.25) is 0 Å². The van der Waals surface area contributed by atoms with E-state index in [0.717, 1.165) is 5.56 Å². The Bertz CT molecular complexity index is 613. The molecule has 1 heterocycles. The first-order valence-corrected chi connectivity index (χ1v) is 6.38. The molecule has 0 saturated carbocycles. The molecule has 0 aliphatic carbocycles. The molecule has 0 unspecified atom stereocenters. The lowest BCUT2D eigenvalue weighted by Gasteiger charge is -2.12. The molecule has 1 aromatic carbocycles. The summed E-state index contributed by atoms with van der Waals surface area (Å²) in [4.78, 5) is 8.60. The van der Waals surface area contributed by atoms with Crippen LogP contribution in [0, 0.1) is 12.7 Å². The fourth-order valence-corrected chi connectivity index (χ4v) is 1.72. The fourth-order valence-electron chi connectivity index (χ4n) is 1.72. The Morgan fingerprint density at radius 3 is 2.45 bits per heavy atom. The van der Waals surface area contributed by atoms with Gasteiger partial charge in [0.25, 0.3) is 0 Å². The first-order chi connectivity index (χ1) is 9.49. The fraction of sp³-hybridized carbons (Fsp3) is 0.286. The van der Waals surface area contributed by atoms with Crippen LogP contribution < -0.4 is 16.6 Å². The Morgan fingerprint density at radius 1 is 1.15 bits per heavy atom. The first-order valence-electron chi connectivity index (χ1n) is 6.38. The van der Waals surface area contributed by atoms with Crippen LogP contribution in [0.3, 0.4) is 0 Å². The molecule has 20 heavy (non-hydrogen) atoms. The highest BCUT2D eigenvalue weighted by Gasteiger charge is 2.09. The van der Waals surface area contributed by atoms with Crippen LogP contribution in [-0.4, -0.2) is 9.97 Å². The number of hydrogen-bond acceptors (Lipinski definition) is 5. The molecular weight excluding hydrogens is 257 g/mol. The van der Waals surface area contributed by atoms with Gasteiger partial charge >= 0.3 is 0 Å². The van der Waals surface area contributed by atoms with Crippen molar-refractivity contribution in [1.29, 1.82) is 0 Å². The van der Waals surface area contributed by atoms with Gasteiger partial charge in [-0.2, -0.15) is 0 Å². The lowest BCUT2D eigenvalue weighted by atomic mass is 10.2. The quantitative estimate of drug-likeness (QED) is 0.590. The van der Waals surface area contributed by atoms with Gasteiger partial charge in [0.05, 0.1) is 5.69 Å². The Morgan fingerprint density at radius 2 is 1.85 bits per heavy atom. The van der Waals surface area contributed by atoms with Gasteiger partial charge in [-0.15, -0.1) is 0 Å². The Kier molecular flexibility index (Phi) is 4.14. The third-order valence-electron chi connectivity index (χ3n) is 2.80. The van der Waals surface area contributed by atoms with Crippen molar-refractivity contribution in [2.75, 3.05) is 10.7 Å². The van der Waals surface area contributed by atoms with Crippen molar-refractivity contribution in [3.05, 3.63) is 41.5 Å². The van der Waals surface area contributed by atoms with E-state index in [1.807, 2.05) is 26.8 Å². The minimum Gasteiger partial charge on any atom is -0.338 e. The molecule has 5 nitrogen and oxygen atoms in total. The smallest absolute Gasteiger partial charge is 0.146 e. The summed E-state index contributed by atoms with van der Waals surface area (Å²) in [6.45, 7) is 5.79. The standard InChI is InChI=1S/C14H18FN5/c1-8(2)14-18-12(7-13(19-14)20-16)17-11-5-4-9(3)6-10(11)15/h4-8H,16H2,1-3H3,(H2,17,18,19,20).